The molecule has 0 aliphatic carbocycles. The number of hydrogen-bond acceptors (Lipinski definition) is 6. The second-order valence-corrected chi connectivity index (χ2v) is 9.33. The van der Waals surface area contributed by atoms with Gasteiger partial charge in [0.15, 0.2) is 5.16 Å². The van der Waals surface area contributed by atoms with Gasteiger partial charge >= 0.3 is 6.09 Å². The summed E-state index contributed by atoms with van der Waals surface area (Å²) >= 11 is 0. The highest BCUT2D eigenvalue weighted by molar-refractivity contribution is 7.84. The molecule has 1 fully saturated rings. The molecule has 1 aliphatic heterocycles. The van der Waals surface area contributed by atoms with Gasteiger partial charge in [-0.2, -0.15) is 0 Å². The number of fused-ring (bicyclic) bond motifs is 1. The van der Waals surface area contributed by atoms with Crippen molar-refractivity contribution in [3.8, 4) is 0 Å². The number of aromatic amines is 1. The summed E-state index contributed by atoms with van der Waals surface area (Å²) in [6, 6.07) is 4.31. The number of nitro benzene ring substituents is 1. The van der Waals surface area contributed by atoms with Crippen LogP contribution < -0.4 is 0 Å². The predicted molar refractivity (Wildman–Crippen MR) is 105 cm³/mol. The standard InChI is InChI=1S/C18H24N4O5S/c1-18(2,3)27-17(23)21-8-6-12(7-9-21)11-28(26)16-19-14-5-4-13(22(24)25)10-15(14)20-16/h4-5,10,12H,6-9,11H2,1-3H3,(H,19,20)/t28-/m1/s1. The molecular weight excluding hydrogens is 384 g/mol. The lowest BCUT2D eigenvalue weighted by molar-refractivity contribution is -0.384. The molecule has 1 atom stereocenters. The first-order valence-corrected chi connectivity index (χ1v) is 10.4. The van der Waals surface area contributed by atoms with Gasteiger partial charge in [0.1, 0.15) is 5.60 Å². The molecule has 2 heterocycles. The maximum Gasteiger partial charge on any atom is 0.410 e. The van der Waals surface area contributed by atoms with Crippen molar-refractivity contribution in [1.29, 1.82) is 0 Å². The Hall–Kier alpha value is -2.49. The lowest BCUT2D eigenvalue weighted by Crippen LogP contribution is -2.42. The third kappa shape index (κ3) is 4.86. The number of carbonyl (C=O) groups excluding carboxylic acids is 1. The number of nitro groups is 1. The summed E-state index contributed by atoms with van der Waals surface area (Å²) in [5.41, 5.74) is 0.486. The average molecular weight is 408 g/mol. The van der Waals surface area contributed by atoms with E-state index in [1.54, 1.807) is 11.0 Å². The molecule has 1 amide bonds. The molecule has 2 aromatic rings. The Labute approximate surface area is 165 Å². The van der Waals surface area contributed by atoms with Crippen LogP contribution >= 0.6 is 0 Å². The van der Waals surface area contributed by atoms with Crippen LogP contribution in [-0.4, -0.2) is 54.5 Å². The molecule has 1 N–H and O–H groups in total. The highest BCUT2D eigenvalue weighted by Gasteiger charge is 2.28. The lowest BCUT2D eigenvalue weighted by Gasteiger charge is -2.33. The number of hydrogen-bond donors (Lipinski definition) is 1. The van der Waals surface area contributed by atoms with E-state index in [-0.39, 0.29) is 17.7 Å². The van der Waals surface area contributed by atoms with Crippen LogP contribution in [0.5, 0.6) is 0 Å². The van der Waals surface area contributed by atoms with Gasteiger partial charge in [0, 0.05) is 31.0 Å². The van der Waals surface area contributed by atoms with Crippen molar-refractivity contribution < 1.29 is 18.7 Å². The molecule has 28 heavy (non-hydrogen) atoms. The van der Waals surface area contributed by atoms with Crippen molar-refractivity contribution in [1.82, 2.24) is 14.9 Å². The number of benzene rings is 1. The largest absolute Gasteiger partial charge is 0.444 e. The Morgan fingerprint density at radius 3 is 2.68 bits per heavy atom. The number of nitrogens with one attached hydrogen (secondary N) is 1. The number of non-ortho nitro benzene ring substituents is 1. The van der Waals surface area contributed by atoms with Gasteiger partial charge in [-0.1, -0.05) is 0 Å². The smallest absolute Gasteiger partial charge is 0.410 e. The second kappa shape index (κ2) is 7.86. The van der Waals surface area contributed by atoms with Gasteiger partial charge < -0.3 is 14.6 Å². The molecule has 0 unspecified atom stereocenters. The maximum atomic E-state index is 12.7. The average Bonchev–Trinajstić information content (AvgIpc) is 3.04. The molecule has 9 nitrogen and oxygen atoms in total. The van der Waals surface area contributed by atoms with E-state index in [0.29, 0.717) is 35.0 Å². The molecule has 3 rings (SSSR count). The van der Waals surface area contributed by atoms with Crippen LogP contribution in [0.4, 0.5) is 10.5 Å². The predicted octanol–water partition coefficient (Wildman–Crippen LogP) is 3.23. The molecular formula is C18H24N4O5S. The topological polar surface area (TPSA) is 118 Å². The first-order chi connectivity index (χ1) is 13.1. The number of aromatic nitrogens is 2. The Morgan fingerprint density at radius 1 is 1.39 bits per heavy atom. The normalized spacial score (nSPS) is 16.9. The van der Waals surface area contributed by atoms with Crippen LogP contribution in [0.25, 0.3) is 11.0 Å². The van der Waals surface area contributed by atoms with Gasteiger partial charge in [0.25, 0.3) is 5.69 Å². The molecule has 152 valence electrons. The second-order valence-electron chi connectivity index (χ2n) is 7.92. The Kier molecular flexibility index (Phi) is 5.69. The van der Waals surface area contributed by atoms with Gasteiger partial charge in [-0.05, 0) is 45.6 Å². The van der Waals surface area contributed by atoms with E-state index in [2.05, 4.69) is 9.97 Å². The highest BCUT2D eigenvalue weighted by Crippen LogP contribution is 2.24. The monoisotopic (exact) mass is 408 g/mol. The quantitative estimate of drug-likeness (QED) is 0.613. The van der Waals surface area contributed by atoms with E-state index in [9.17, 15) is 19.1 Å². The summed E-state index contributed by atoms with van der Waals surface area (Å²) in [6.07, 6.45) is 1.18. The number of likely N-dealkylation sites (tertiary alicyclic amines) is 1. The molecule has 10 heteroatoms. The zero-order valence-electron chi connectivity index (χ0n) is 16.1. The van der Waals surface area contributed by atoms with Gasteiger partial charge in [0.05, 0.1) is 26.8 Å². The van der Waals surface area contributed by atoms with E-state index in [0.717, 1.165) is 12.8 Å². The van der Waals surface area contributed by atoms with Crippen LogP contribution in [0.15, 0.2) is 23.4 Å². The summed E-state index contributed by atoms with van der Waals surface area (Å²) in [7, 11) is -1.34. The Morgan fingerprint density at radius 2 is 2.07 bits per heavy atom. The SMILES string of the molecule is CC(C)(C)OC(=O)N1CCC(C[S@@](=O)c2nc3ccc([N+](=O)[O-])cc3[nH]2)CC1. The fraction of sp³-hybridized carbons (Fsp3) is 0.556. The van der Waals surface area contributed by atoms with E-state index in [1.165, 1.54) is 12.1 Å². The number of ether oxygens (including phenoxy) is 1. The molecule has 1 aromatic carbocycles. The lowest BCUT2D eigenvalue weighted by atomic mass is 9.99. The number of carbonyl (C=O) groups is 1. The zero-order valence-corrected chi connectivity index (χ0v) is 17.0. The van der Waals surface area contributed by atoms with Crippen molar-refractivity contribution in [2.75, 3.05) is 18.8 Å². The Balaban J connectivity index is 1.58. The zero-order chi connectivity index (χ0) is 20.5. The van der Waals surface area contributed by atoms with Crippen molar-refractivity contribution in [2.45, 2.75) is 44.4 Å². The molecule has 0 saturated carbocycles. The molecule has 0 bridgehead atoms. The molecule has 1 aliphatic rings. The summed E-state index contributed by atoms with van der Waals surface area (Å²) in [6.45, 7) is 6.65. The minimum absolute atomic E-state index is 0.0389. The van der Waals surface area contributed by atoms with E-state index < -0.39 is 21.3 Å². The molecule has 1 aromatic heterocycles. The third-order valence-corrected chi connectivity index (χ3v) is 5.92. The number of rotatable bonds is 4. The van der Waals surface area contributed by atoms with Crippen LogP contribution in [0.2, 0.25) is 0 Å². The molecule has 0 radical (unpaired) electrons. The van der Waals surface area contributed by atoms with E-state index in [4.69, 9.17) is 4.74 Å². The van der Waals surface area contributed by atoms with Gasteiger partial charge in [-0.25, -0.2) is 9.78 Å². The van der Waals surface area contributed by atoms with Gasteiger partial charge in [-0.15, -0.1) is 0 Å². The first kappa shape index (κ1) is 20.2. The number of H-pyrrole nitrogens is 1. The Bertz CT molecular complexity index is 912. The summed E-state index contributed by atoms with van der Waals surface area (Å²) in [5, 5.41) is 11.2. The number of imidazole rings is 1. The first-order valence-electron chi connectivity index (χ1n) is 9.13. The fourth-order valence-corrected chi connectivity index (χ4v) is 4.44. The van der Waals surface area contributed by atoms with Crippen LogP contribution in [0.1, 0.15) is 33.6 Å². The van der Waals surface area contributed by atoms with Crippen molar-refractivity contribution in [2.24, 2.45) is 5.92 Å². The van der Waals surface area contributed by atoms with Crippen LogP contribution in [-0.2, 0) is 15.5 Å². The van der Waals surface area contributed by atoms with Crippen molar-refractivity contribution in [3.63, 3.8) is 0 Å². The summed E-state index contributed by atoms with van der Waals surface area (Å²) < 4.78 is 18.1. The minimum Gasteiger partial charge on any atom is -0.444 e. The third-order valence-electron chi connectivity index (χ3n) is 4.52. The molecule has 0 spiro atoms. The number of piperidine rings is 1. The van der Waals surface area contributed by atoms with Gasteiger partial charge in [0.2, 0.25) is 0 Å². The maximum absolute atomic E-state index is 12.7. The highest BCUT2D eigenvalue weighted by atomic mass is 32.2. The van der Waals surface area contributed by atoms with Crippen molar-refractivity contribution >= 4 is 33.6 Å². The van der Waals surface area contributed by atoms with Gasteiger partial charge in [-0.3, -0.25) is 14.3 Å². The number of amides is 1. The molecule has 1 saturated heterocycles. The summed E-state index contributed by atoms with van der Waals surface area (Å²) in [5.74, 6) is 0.645. The fourth-order valence-electron chi connectivity index (χ4n) is 3.10. The number of nitrogens with zero attached hydrogens (tertiary/aromatic N) is 3. The van der Waals surface area contributed by atoms with E-state index in [1.807, 2.05) is 20.8 Å². The van der Waals surface area contributed by atoms with Crippen LogP contribution in [0, 0.1) is 16.0 Å². The summed E-state index contributed by atoms with van der Waals surface area (Å²) in [4.78, 5) is 31.4. The minimum atomic E-state index is -1.34. The van der Waals surface area contributed by atoms with E-state index >= 15 is 0 Å². The van der Waals surface area contributed by atoms with Crippen molar-refractivity contribution in [3.05, 3.63) is 28.3 Å². The van der Waals surface area contributed by atoms with Crippen LogP contribution in [0.3, 0.4) is 0 Å².